The van der Waals surface area contributed by atoms with E-state index in [9.17, 15) is 4.79 Å². The van der Waals surface area contributed by atoms with Gasteiger partial charge in [0, 0.05) is 20.2 Å². The number of hydrogen-bond acceptors (Lipinski definition) is 3. The second kappa shape index (κ2) is 7.29. The van der Waals surface area contributed by atoms with Crippen LogP contribution in [0.4, 0.5) is 0 Å². The van der Waals surface area contributed by atoms with E-state index in [2.05, 4.69) is 18.1 Å². The van der Waals surface area contributed by atoms with Gasteiger partial charge in [-0.3, -0.25) is 9.69 Å². The Morgan fingerprint density at radius 3 is 2.39 bits per heavy atom. The zero-order chi connectivity index (χ0) is 13.5. The maximum atomic E-state index is 11.9. The lowest BCUT2D eigenvalue weighted by Gasteiger charge is -2.36. The van der Waals surface area contributed by atoms with E-state index in [0.717, 1.165) is 31.5 Å². The zero-order valence-electron chi connectivity index (χ0n) is 11.4. The molecule has 1 heterocycles. The van der Waals surface area contributed by atoms with E-state index in [1.54, 1.807) is 26.2 Å². The van der Waals surface area contributed by atoms with Crippen molar-refractivity contribution in [3.63, 3.8) is 0 Å². The number of likely N-dealkylation sites (tertiary alicyclic amines) is 1. The van der Waals surface area contributed by atoms with Crippen molar-refractivity contribution in [2.24, 2.45) is 0 Å². The van der Waals surface area contributed by atoms with Gasteiger partial charge in [-0.25, -0.2) is 0 Å². The summed E-state index contributed by atoms with van der Waals surface area (Å²) in [7, 11) is 1.75. The van der Waals surface area contributed by atoms with Gasteiger partial charge in [-0.2, -0.15) is 0 Å². The molecule has 0 N–H and O–H groups in total. The lowest BCUT2D eigenvalue weighted by atomic mass is 9.97. The molecule has 1 aliphatic rings. The van der Waals surface area contributed by atoms with Crippen molar-refractivity contribution < 1.29 is 9.53 Å². The van der Waals surface area contributed by atoms with Crippen LogP contribution in [0.3, 0.4) is 0 Å². The van der Waals surface area contributed by atoms with Crippen LogP contribution in [-0.2, 0) is 9.53 Å². The van der Waals surface area contributed by atoms with E-state index < -0.39 is 0 Å². The molecule has 1 saturated heterocycles. The Bertz CT molecular complexity index is 338. The van der Waals surface area contributed by atoms with Gasteiger partial charge in [0.25, 0.3) is 0 Å². The molecule has 1 fully saturated rings. The largest absolute Gasteiger partial charge is 0.381 e. The fraction of sp³-hybridized carbons (Fsp3) is 0.533. The molecule has 0 aromatic carbocycles. The minimum atomic E-state index is -0.196. The minimum absolute atomic E-state index is 0.152. The van der Waals surface area contributed by atoms with Crippen molar-refractivity contribution in [1.82, 2.24) is 4.90 Å². The normalized spacial score (nSPS) is 20.4. The van der Waals surface area contributed by atoms with Gasteiger partial charge >= 0.3 is 0 Å². The fourth-order valence-corrected chi connectivity index (χ4v) is 2.48. The molecule has 1 atom stereocenters. The van der Waals surface area contributed by atoms with Gasteiger partial charge in [-0.05, 0) is 25.3 Å². The molecule has 0 amide bonds. The first kappa shape index (κ1) is 14.9. The summed E-state index contributed by atoms with van der Waals surface area (Å²) in [5.74, 6) is 0.152. The summed E-state index contributed by atoms with van der Waals surface area (Å²) >= 11 is 0. The average Bonchev–Trinajstić information content (AvgIpc) is 2.38. The van der Waals surface area contributed by atoms with Crippen LogP contribution in [0, 0.1) is 0 Å². The van der Waals surface area contributed by atoms with E-state index in [0.29, 0.717) is 6.10 Å². The van der Waals surface area contributed by atoms with Gasteiger partial charge in [-0.1, -0.05) is 31.4 Å². The van der Waals surface area contributed by atoms with Crippen LogP contribution in [0.1, 0.15) is 19.8 Å². The third-order valence-corrected chi connectivity index (χ3v) is 3.42. The van der Waals surface area contributed by atoms with Gasteiger partial charge < -0.3 is 4.74 Å². The van der Waals surface area contributed by atoms with Gasteiger partial charge in [-0.15, -0.1) is 0 Å². The molecular formula is C15H23NO2. The molecule has 3 nitrogen and oxygen atoms in total. The van der Waals surface area contributed by atoms with E-state index >= 15 is 0 Å². The highest BCUT2D eigenvalue weighted by Crippen LogP contribution is 2.20. The molecule has 0 saturated carbocycles. The lowest BCUT2D eigenvalue weighted by Crippen LogP contribution is -2.47. The smallest absolute Gasteiger partial charge is 0.151 e. The third-order valence-electron chi connectivity index (χ3n) is 3.42. The molecule has 0 aliphatic carbocycles. The Kier molecular flexibility index (Phi) is 6.02. The molecule has 1 unspecified atom stereocenters. The van der Waals surface area contributed by atoms with E-state index in [1.165, 1.54) is 0 Å². The highest BCUT2D eigenvalue weighted by molar-refractivity contribution is 5.85. The Balaban J connectivity index is 2.80. The standard InChI is InChI=1S/C15H23NO2/c1-5-7-13(6-2)15(12(3)17)16-10-8-14(18-4)9-11-16/h5-7,14-15H,1-2,8-11H2,3-4H3/b13-7+. The second-order valence-corrected chi connectivity index (χ2v) is 4.59. The molecule has 3 heteroatoms. The molecule has 18 heavy (non-hydrogen) atoms. The van der Waals surface area contributed by atoms with E-state index in [-0.39, 0.29) is 11.8 Å². The van der Waals surface area contributed by atoms with Crippen molar-refractivity contribution in [1.29, 1.82) is 0 Å². The summed E-state index contributed by atoms with van der Waals surface area (Å²) in [4.78, 5) is 14.1. The third kappa shape index (κ3) is 3.65. The number of rotatable bonds is 6. The van der Waals surface area contributed by atoms with E-state index in [1.807, 2.05) is 6.08 Å². The summed E-state index contributed by atoms with van der Waals surface area (Å²) in [6.07, 6.45) is 7.58. The number of ether oxygens (including phenoxy) is 1. The van der Waals surface area contributed by atoms with Crippen LogP contribution < -0.4 is 0 Å². The number of hydrogen-bond donors (Lipinski definition) is 0. The van der Waals surface area contributed by atoms with Gasteiger partial charge in [0.2, 0.25) is 0 Å². The molecule has 1 rings (SSSR count). The Labute approximate surface area is 110 Å². The van der Waals surface area contributed by atoms with E-state index in [4.69, 9.17) is 4.74 Å². The maximum Gasteiger partial charge on any atom is 0.151 e. The number of methoxy groups -OCH3 is 1. The molecule has 0 radical (unpaired) electrons. The van der Waals surface area contributed by atoms with Crippen molar-refractivity contribution in [2.45, 2.75) is 31.9 Å². The van der Waals surface area contributed by atoms with Crippen molar-refractivity contribution >= 4 is 5.78 Å². The topological polar surface area (TPSA) is 29.5 Å². The highest BCUT2D eigenvalue weighted by Gasteiger charge is 2.29. The Hall–Kier alpha value is -1.19. The SMILES string of the molecule is C=C/C=C(\C=C)C(C(C)=O)N1CCC(OC)CC1. The Morgan fingerprint density at radius 2 is 2.00 bits per heavy atom. The molecule has 0 aromatic rings. The number of ketones is 1. The zero-order valence-corrected chi connectivity index (χ0v) is 11.4. The number of nitrogens with zero attached hydrogens (tertiary/aromatic N) is 1. The summed E-state index contributed by atoms with van der Waals surface area (Å²) in [6.45, 7) is 10.9. The first-order valence-corrected chi connectivity index (χ1v) is 6.36. The molecular weight excluding hydrogens is 226 g/mol. The van der Waals surface area contributed by atoms with Crippen LogP contribution >= 0.6 is 0 Å². The molecule has 0 bridgehead atoms. The second-order valence-electron chi connectivity index (χ2n) is 4.59. The Morgan fingerprint density at radius 1 is 1.39 bits per heavy atom. The summed E-state index contributed by atoms with van der Waals surface area (Å²) in [5.41, 5.74) is 0.924. The molecule has 0 spiro atoms. The van der Waals surface area contributed by atoms with Crippen molar-refractivity contribution in [3.8, 4) is 0 Å². The van der Waals surface area contributed by atoms with Gasteiger partial charge in [0.15, 0.2) is 5.78 Å². The summed E-state index contributed by atoms with van der Waals surface area (Å²) < 4.78 is 5.35. The highest BCUT2D eigenvalue weighted by atomic mass is 16.5. The minimum Gasteiger partial charge on any atom is -0.381 e. The van der Waals surface area contributed by atoms with Crippen LogP contribution in [0.2, 0.25) is 0 Å². The lowest BCUT2D eigenvalue weighted by molar-refractivity contribution is -0.121. The predicted octanol–water partition coefficient (Wildman–Crippen LogP) is 2.35. The van der Waals surface area contributed by atoms with Gasteiger partial charge in [0.05, 0.1) is 12.1 Å². The van der Waals surface area contributed by atoms with Crippen molar-refractivity contribution in [3.05, 3.63) is 37.0 Å². The number of carbonyl (C=O) groups is 1. The molecule has 100 valence electrons. The summed E-state index contributed by atoms with van der Waals surface area (Å²) in [5, 5.41) is 0. The van der Waals surface area contributed by atoms with Crippen molar-refractivity contribution in [2.75, 3.05) is 20.2 Å². The van der Waals surface area contributed by atoms with Crippen LogP contribution in [0.15, 0.2) is 37.0 Å². The number of Topliss-reactive ketones (excluding diaryl/α,β-unsaturated/α-hetero) is 1. The first-order chi connectivity index (χ1) is 8.63. The number of allylic oxidation sites excluding steroid dienone is 2. The van der Waals surface area contributed by atoms with Crippen LogP contribution in [-0.4, -0.2) is 43.0 Å². The average molecular weight is 249 g/mol. The number of carbonyl (C=O) groups excluding carboxylic acids is 1. The van der Waals surface area contributed by atoms with Gasteiger partial charge in [0.1, 0.15) is 0 Å². The first-order valence-electron chi connectivity index (χ1n) is 6.36. The number of piperidine rings is 1. The molecule has 0 aromatic heterocycles. The monoisotopic (exact) mass is 249 g/mol. The maximum absolute atomic E-state index is 11.9. The molecule has 1 aliphatic heterocycles. The van der Waals surface area contributed by atoms with Crippen LogP contribution in [0.5, 0.6) is 0 Å². The summed E-state index contributed by atoms with van der Waals surface area (Å²) in [6, 6.07) is -0.196. The predicted molar refractivity (Wildman–Crippen MR) is 74.6 cm³/mol. The van der Waals surface area contributed by atoms with Crippen LogP contribution in [0.25, 0.3) is 0 Å². The quantitative estimate of drug-likeness (QED) is 0.677. The fourth-order valence-electron chi connectivity index (χ4n) is 2.48.